The number of carbonyl (C=O) groups excluding carboxylic acids is 1. The fourth-order valence-corrected chi connectivity index (χ4v) is 3.56. The van der Waals surface area contributed by atoms with Gasteiger partial charge in [0.05, 0.1) is 11.3 Å². The van der Waals surface area contributed by atoms with Gasteiger partial charge in [0.25, 0.3) is 5.91 Å². The Kier molecular flexibility index (Phi) is 6.32. The van der Waals surface area contributed by atoms with E-state index in [2.05, 4.69) is 30.6 Å². The van der Waals surface area contributed by atoms with Crippen molar-refractivity contribution in [1.29, 1.82) is 0 Å². The highest BCUT2D eigenvalue weighted by Gasteiger charge is 2.30. The molecule has 0 saturated carbocycles. The van der Waals surface area contributed by atoms with Crippen molar-refractivity contribution in [3.05, 3.63) is 53.9 Å². The second-order valence-electron chi connectivity index (χ2n) is 8.04. The molecule has 11 heteroatoms. The van der Waals surface area contributed by atoms with Gasteiger partial charge in [-0.05, 0) is 56.8 Å². The summed E-state index contributed by atoms with van der Waals surface area (Å²) in [6.45, 7) is 4.87. The molecule has 8 nitrogen and oxygen atoms in total. The number of amides is 1. The van der Waals surface area contributed by atoms with Crippen LogP contribution >= 0.6 is 0 Å². The molecule has 0 aliphatic carbocycles. The number of likely N-dealkylation sites (tertiary alicyclic amines) is 1. The number of benzene rings is 1. The van der Waals surface area contributed by atoms with Gasteiger partial charge in [0.15, 0.2) is 0 Å². The molecule has 0 radical (unpaired) electrons. The molecule has 1 atom stereocenters. The molecule has 3 aromatic rings. The van der Waals surface area contributed by atoms with Crippen LogP contribution in [0.1, 0.15) is 29.4 Å². The summed E-state index contributed by atoms with van der Waals surface area (Å²) in [5.74, 6) is -0.118. The summed E-state index contributed by atoms with van der Waals surface area (Å²) in [6.07, 6.45) is -1.78. The molecule has 174 valence electrons. The zero-order valence-corrected chi connectivity index (χ0v) is 18.2. The van der Waals surface area contributed by atoms with Gasteiger partial charge in [-0.15, -0.1) is 0 Å². The smallest absolute Gasteiger partial charge is 0.347 e. The SMILES string of the molecule is CC(CN1CCC1)NC(=O)c1cc(-c2ccnc(Nc3cccc(C(F)(F)F)c3)n2)nn1C. The third-order valence-electron chi connectivity index (χ3n) is 5.33. The van der Waals surface area contributed by atoms with E-state index in [1.807, 2.05) is 6.92 Å². The van der Waals surface area contributed by atoms with E-state index in [-0.39, 0.29) is 23.6 Å². The van der Waals surface area contributed by atoms with Gasteiger partial charge < -0.3 is 15.5 Å². The lowest BCUT2D eigenvalue weighted by molar-refractivity contribution is -0.137. The van der Waals surface area contributed by atoms with Crippen LogP contribution < -0.4 is 10.6 Å². The van der Waals surface area contributed by atoms with E-state index in [9.17, 15) is 18.0 Å². The first-order valence-corrected chi connectivity index (χ1v) is 10.5. The van der Waals surface area contributed by atoms with Gasteiger partial charge >= 0.3 is 6.18 Å². The van der Waals surface area contributed by atoms with Gasteiger partial charge in [0, 0.05) is 31.5 Å². The lowest BCUT2D eigenvalue weighted by atomic mass is 10.2. The quantitative estimate of drug-likeness (QED) is 0.563. The van der Waals surface area contributed by atoms with Gasteiger partial charge in [0.2, 0.25) is 5.95 Å². The summed E-state index contributed by atoms with van der Waals surface area (Å²) in [7, 11) is 1.67. The Hall–Kier alpha value is -3.47. The first kappa shape index (κ1) is 22.7. The number of nitrogens with zero attached hydrogens (tertiary/aromatic N) is 5. The minimum absolute atomic E-state index is 0.00142. The van der Waals surface area contributed by atoms with Crippen molar-refractivity contribution in [2.75, 3.05) is 25.0 Å². The number of rotatable bonds is 7. The van der Waals surface area contributed by atoms with E-state index in [1.165, 1.54) is 29.4 Å². The minimum atomic E-state index is -4.45. The van der Waals surface area contributed by atoms with Crippen molar-refractivity contribution in [2.24, 2.45) is 7.05 Å². The number of aromatic nitrogens is 4. The predicted octanol–water partition coefficient (Wildman–Crippen LogP) is 3.46. The van der Waals surface area contributed by atoms with Crippen molar-refractivity contribution in [3.63, 3.8) is 0 Å². The molecule has 2 aromatic heterocycles. The van der Waals surface area contributed by atoms with Crippen LogP contribution in [0.2, 0.25) is 0 Å². The lowest BCUT2D eigenvalue weighted by Gasteiger charge is -2.33. The number of hydrogen-bond acceptors (Lipinski definition) is 6. The number of carbonyl (C=O) groups is 1. The number of alkyl halides is 3. The number of hydrogen-bond donors (Lipinski definition) is 2. The van der Waals surface area contributed by atoms with Crippen LogP contribution in [0.4, 0.5) is 24.8 Å². The second-order valence-corrected chi connectivity index (χ2v) is 8.04. The first-order chi connectivity index (χ1) is 15.7. The van der Waals surface area contributed by atoms with E-state index in [4.69, 9.17) is 0 Å². The molecule has 4 rings (SSSR count). The number of halogens is 3. The van der Waals surface area contributed by atoms with E-state index < -0.39 is 11.7 Å². The minimum Gasteiger partial charge on any atom is -0.347 e. The Morgan fingerprint density at radius 2 is 1.97 bits per heavy atom. The summed E-state index contributed by atoms with van der Waals surface area (Å²) < 4.78 is 40.3. The summed E-state index contributed by atoms with van der Waals surface area (Å²) in [6, 6.07) is 8.03. The van der Waals surface area contributed by atoms with E-state index in [0.717, 1.165) is 31.8 Å². The van der Waals surface area contributed by atoms with Crippen LogP contribution in [-0.4, -0.2) is 56.2 Å². The molecule has 1 aliphatic rings. The molecule has 1 amide bonds. The molecular formula is C22H24F3N7O. The Labute approximate surface area is 188 Å². The molecule has 2 N–H and O–H groups in total. The van der Waals surface area contributed by atoms with Crippen LogP contribution in [-0.2, 0) is 13.2 Å². The van der Waals surface area contributed by atoms with Crippen molar-refractivity contribution < 1.29 is 18.0 Å². The Morgan fingerprint density at radius 1 is 1.18 bits per heavy atom. The highest BCUT2D eigenvalue weighted by Crippen LogP contribution is 2.31. The van der Waals surface area contributed by atoms with Crippen LogP contribution in [0.25, 0.3) is 11.4 Å². The summed E-state index contributed by atoms with van der Waals surface area (Å²) >= 11 is 0. The average Bonchev–Trinajstić information content (AvgIpc) is 3.12. The van der Waals surface area contributed by atoms with Crippen molar-refractivity contribution in [2.45, 2.75) is 25.6 Å². The predicted molar refractivity (Wildman–Crippen MR) is 117 cm³/mol. The summed E-state index contributed by atoms with van der Waals surface area (Å²) in [5, 5.41) is 10.1. The fourth-order valence-electron chi connectivity index (χ4n) is 3.56. The van der Waals surface area contributed by atoms with E-state index in [0.29, 0.717) is 17.1 Å². The number of aryl methyl sites for hydroxylation is 1. The van der Waals surface area contributed by atoms with Gasteiger partial charge in [-0.3, -0.25) is 9.48 Å². The van der Waals surface area contributed by atoms with E-state index in [1.54, 1.807) is 19.2 Å². The molecule has 1 aliphatic heterocycles. The maximum atomic E-state index is 13.0. The molecule has 1 unspecified atom stereocenters. The van der Waals surface area contributed by atoms with Crippen LogP contribution in [0.5, 0.6) is 0 Å². The lowest BCUT2D eigenvalue weighted by Crippen LogP contribution is -2.47. The number of nitrogens with one attached hydrogen (secondary N) is 2. The highest BCUT2D eigenvalue weighted by atomic mass is 19.4. The van der Waals surface area contributed by atoms with Crippen LogP contribution in [0, 0.1) is 0 Å². The molecule has 33 heavy (non-hydrogen) atoms. The second kappa shape index (κ2) is 9.18. The molecule has 3 heterocycles. The maximum absolute atomic E-state index is 13.0. The molecule has 1 aromatic carbocycles. The fraction of sp³-hybridized carbons (Fsp3) is 0.364. The van der Waals surface area contributed by atoms with Crippen molar-refractivity contribution >= 4 is 17.5 Å². The third-order valence-corrected chi connectivity index (χ3v) is 5.33. The largest absolute Gasteiger partial charge is 0.416 e. The Morgan fingerprint density at radius 3 is 2.67 bits per heavy atom. The number of anilines is 2. The van der Waals surface area contributed by atoms with E-state index >= 15 is 0 Å². The standard InChI is InChI=1S/C22H24F3N7O/c1-14(13-32-9-4-10-32)27-20(33)19-12-18(30-31(19)2)17-7-8-26-21(29-17)28-16-6-3-5-15(11-16)22(23,24)25/h3,5-8,11-12,14H,4,9-10,13H2,1-2H3,(H,27,33)(H,26,28,29). The molecular weight excluding hydrogens is 435 g/mol. The highest BCUT2D eigenvalue weighted by molar-refractivity contribution is 5.93. The van der Waals surface area contributed by atoms with Crippen molar-refractivity contribution in [1.82, 2.24) is 30.0 Å². The molecule has 0 spiro atoms. The Bertz CT molecular complexity index is 1140. The first-order valence-electron chi connectivity index (χ1n) is 10.5. The monoisotopic (exact) mass is 459 g/mol. The van der Waals surface area contributed by atoms with Crippen LogP contribution in [0.3, 0.4) is 0 Å². The molecule has 1 saturated heterocycles. The summed E-state index contributed by atoms with van der Waals surface area (Å²) in [5.41, 5.74) is 0.702. The zero-order valence-electron chi connectivity index (χ0n) is 18.2. The van der Waals surface area contributed by atoms with Crippen molar-refractivity contribution in [3.8, 4) is 11.4 Å². The molecule has 1 fully saturated rings. The normalized spacial score (nSPS) is 15.1. The maximum Gasteiger partial charge on any atom is 0.416 e. The third kappa shape index (κ3) is 5.48. The van der Waals surface area contributed by atoms with Gasteiger partial charge in [-0.25, -0.2) is 9.97 Å². The average molecular weight is 459 g/mol. The van der Waals surface area contributed by atoms with Crippen LogP contribution in [0.15, 0.2) is 42.6 Å². The Balaban J connectivity index is 1.48. The van der Waals surface area contributed by atoms with Gasteiger partial charge in [-0.2, -0.15) is 18.3 Å². The topological polar surface area (TPSA) is 88.0 Å². The zero-order chi connectivity index (χ0) is 23.6. The summed E-state index contributed by atoms with van der Waals surface area (Å²) in [4.78, 5) is 23.4. The molecule has 0 bridgehead atoms. The van der Waals surface area contributed by atoms with Gasteiger partial charge in [0.1, 0.15) is 11.4 Å². The van der Waals surface area contributed by atoms with Gasteiger partial charge in [-0.1, -0.05) is 6.07 Å².